The molecule has 1 fully saturated rings. The van der Waals surface area contributed by atoms with E-state index < -0.39 is 16.5 Å². The van der Waals surface area contributed by atoms with Crippen LogP contribution in [0.25, 0.3) is 0 Å². The Labute approximate surface area is 182 Å². The van der Waals surface area contributed by atoms with Crippen LogP contribution in [0.3, 0.4) is 0 Å². The first-order valence-corrected chi connectivity index (χ1v) is 10.8. The number of benzene rings is 3. The minimum absolute atomic E-state index is 0.0368. The standard InChI is InChI=1S/C24H18F2N2O2S/c1-15-10-11-17(12-20(15)26)28-22(29)14-31-24(28)18-7-3-5-9-21(18)27(23(24)30)13-16-6-2-4-8-19(16)25/h2-12H,13-14H2,1H3/t24-/m0/s1. The molecule has 4 nitrogen and oxygen atoms in total. The number of halogens is 2. The Kier molecular flexibility index (Phi) is 4.59. The summed E-state index contributed by atoms with van der Waals surface area (Å²) in [5.41, 5.74) is 2.43. The maximum absolute atomic E-state index is 14.4. The maximum atomic E-state index is 14.4. The lowest BCUT2D eigenvalue weighted by Crippen LogP contribution is -2.49. The summed E-state index contributed by atoms with van der Waals surface area (Å²) in [5.74, 6) is -1.37. The maximum Gasteiger partial charge on any atom is 0.269 e. The van der Waals surface area contributed by atoms with Crippen molar-refractivity contribution < 1.29 is 18.4 Å². The molecule has 3 aromatic rings. The van der Waals surface area contributed by atoms with E-state index in [0.29, 0.717) is 28.1 Å². The molecule has 2 aliphatic heterocycles. The summed E-state index contributed by atoms with van der Waals surface area (Å²) in [4.78, 5) is 28.4. The van der Waals surface area contributed by atoms with Crippen molar-refractivity contribution in [2.24, 2.45) is 0 Å². The number of rotatable bonds is 3. The van der Waals surface area contributed by atoms with Gasteiger partial charge >= 0.3 is 0 Å². The highest BCUT2D eigenvalue weighted by Crippen LogP contribution is 2.56. The molecular formula is C24H18F2N2O2S. The molecule has 0 N–H and O–H groups in total. The zero-order valence-corrected chi connectivity index (χ0v) is 17.5. The molecule has 3 aromatic carbocycles. The van der Waals surface area contributed by atoms with E-state index in [2.05, 4.69) is 0 Å². The van der Waals surface area contributed by atoms with Gasteiger partial charge in [-0.3, -0.25) is 14.5 Å². The quantitative estimate of drug-likeness (QED) is 0.595. The number of nitrogens with zero attached hydrogens (tertiary/aromatic N) is 2. The molecular weight excluding hydrogens is 418 g/mol. The molecule has 156 valence electrons. The zero-order chi connectivity index (χ0) is 21.8. The molecule has 0 saturated carbocycles. The number of hydrogen-bond acceptors (Lipinski definition) is 3. The van der Waals surface area contributed by atoms with Crippen molar-refractivity contribution in [2.75, 3.05) is 15.6 Å². The molecule has 2 aliphatic rings. The molecule has 7 heteroatoms. The van der Waals surface area contributed by atoms with Crippen LogP contribution in [-0.2, 0) is 21.0 Å². The number of thioether (sulfide) groups is 1. The monoisotopic (exact) mass is 436 g/mol. The number of hydrogen-bond donors (Lipinski definition) is 0. The summed E-state index contributed by atoms with van der Waals surface area (Å²) in [5, 5.41) is 0. The normalized spacial score (nSPS) is 20.1. The fraction of sp³-hybridized carbons (Fsp3) is 0.167. The molecule has 31 heavy (non-hydrogen) atoms. The Hall–Kier alpha value is -3.19. The Balaban J connectivity index is 1.66. The van der Waals surface area contributed by atoms with Gasteiger partial charge in [0.25, 0.3) is 5.91 Å². The van der Waals surface area contributed by atoms with Gasteiger partial charge in [-0.05, 0) is 36.8 Å². The third kappa shape index (κ3) is 2.87. The number of amides is 2. The van der Waals surface area contributed by atoms with E-state index in [0.717, 1.165) is 0 Å². The van der Waals surface area contributed by atoms with E-state index in [1.807, 2.05) is 0 Å². The lowest BCUT2D eigenvalue weighted by Gasteiger charge is -2.33. The van der Waals surface area contributed by atoms with Crippen LogP contribution in [0.1, 0.15) is 16.7 Å². The second-order valence-corrected chi connectivity index (χ2v) is 8.76. The predicted molar refractivity (Wildman–Crippen MR) is 117 cm³/mol. The van der Waals surface area contributed by atoms with Crippen LogP contribution in [0.2, 0.25) is 0 Å². The minimum atomic E-state index is -1.35. The van der Waals surface area contributed by atoms with Gasteiger partial charge in [-0.15, -0.1) is 11.8 Å². The van der Waals surface area contributed by atoms with E-state index in [-0.39, 0.29) is 24.1 Å². The smallest absolute Gasteiger partial charge is 0.269 e. The van der Waals surface area contributed by atoms with Crippen LogP contribution >= 0.6 is 11.8 Å². The Morgan fingerprint density at radius 3 is 2.48 bits per heavy atom. The van der Waals surface area contributed by atoms with E-state index >= 15 is 0 Å². The van der Waals surface area contributed by atoms with Gasteiger partial charge in [-0.2, -0.15) is 0 Å². The average Bonchev–Trinajstić information content (AvgIpc) is 3.23. The highest BCUT2D eigenvalue weighted by atomic mass is 32.2. The molecule has 5 rings (SSSR count). The van der Waals surface area contributed by atoms with Gasteiger partial charge in [0, 0.05) is 16.8 Å². The van der Waals surface area contributed by atoms with Crippen molar-refractivity contribution in [3.05, 3.63) is 95.1 Å². The van der Waals surface area contributed by atoms with Gasteiger partial charge in [0.2, 0.25) is 10.8 Å². The molecule has 1 saturated heterocycles. The number of fused-ring (bicyclic) bond motifs is 2. The second kappa shape index (κ2) is 7.20. The van der Waals surface area contributed by atoms with E-state index in [4.69, 9.17) is 0 Å². The average molecular weight is 436 g/mol. The van der Waals surface area contributed by atoms with Crippen molar-refractivity contribution >= 4 is 35.0 Å². The highest BCUT2D eigenvalue weighted by Gasteiger charge is 2.61. The number of carbonyl (C=O) groups is 2. The third-order valence-electron chi connectivity index (χ3n) is 5.76. The van der Waals surface area contributed by atoms with Crippen LogP contribution in [-0.4, -0.2) is 17.6 Å². The second-order valence-electron chi connectivity index (χ2n) is 7.60. The molecule has 0 aliphatic carbocycles. The van der Waals surface area contributed by atoms with E-state index in [1.54, 1.807) is 61.5 Å². The Morgan fingerprint density at radius 2 is 1.71 bits per heavy atom. The first-order chi connectivity index (χ1) is 14.9. The zero-order valence-electron chi connectivity index (χ0n) is 16.6. The topological polar surface area (TPSA) is 40.6 Å². The first kappa shape index (κ1) is 19.8. The largest absolute Gasteiger partial charge is 0.304 e. The highest BCUT2D eigenvalue weighted by molar-refractivity contribution is 8.02. The number of aryl methyl sites for hydroxylation is 1. The fourth-order valence-electron chi connectivity index (χ4n) is 4.23. The van der Waals surface area contributed by atoms with Crippen LogP contribution in [0.15, 0.2) is 66.7 Å². The van der Waals surface area contributed by atoms with E-state index in [9.17, 15) is 18.4 Å². The van der Waals surface area contributed by atoms with Crippen LogP contribution in [0.5, 0.6) is 0 Å². The Bertz CT molecular complexity index is 1230. The van der Waals surface area contributed by atoms with Crippen LogP contribution < -0.4 is 9.80 Å². The fourth-order valence-corrected chi connectivity index (χ4v) is 5.59. The van der Waals surface area contributed by atoms with Crippen molar-refractivity contribution in [1.82, 2.24) is 0 Å². The molecule has 0 radical (unpaired) electrons. The van der Waals surface area contributed by atoms with Crippen molar-refractivity contribution in [3.8, 4) is 0 Å². The molecule has 2 heterocycles. The summed E-state index contributed by atoms with van der Waals surface area (Å²) in [7, 11) is 0. The van der Waals surface area contributed by atoms with Crippen molar-refractivity contribution in [1.29, 1.82) is 0 Å². The molecule has 1 atom stereocenters. The SMILES string of the molecule is Cc1ccc(N2C(=O)CS[C@@]23C(=O)N(Cc2ccccc2F)c2ccccc23)cc1F. The van der Waals surface area contributed by atoms with Gasteiger partial charge in [-0.25, -0.2) is 8.78 Å². The molecule has 2 amide bonds. The summed E-state index contributed by atoms with van der Waals surface area (Å²) in [6.45, 7) is 1.68. The molecule has 1 spiro atoms. The Morgan fingerprint density at radius 1 is 0.968 bits per heavy atom. The summed E-state index contributed by atoms with van der Waals surface area (Å²) < 4.78 is 28.7. The number of anilines is 2. The van der Waals surface area contributed by atoms with Crippen LogP contribution in [0.4, 0.5) is 20.2 Å². The molecule has 0 unspecified atom stereocenters. The summed E-state index contributed by atoms with van der Waals surface area (Å²) in [6, 6.07) is 18.0. The lowest BCUT2D eigenvalue weighted by atomic mass is 10.0. The first-order valence-electron chi connectivity index (χ1n) is 9.81. The van der Waals surface area contributed by atoms with Gasteiger partial charge in [-0.1, -0.05) is 42.5 Å². The van der Waals surface area contributed by atoms with E-state index in [1.165, 1.54) is 33.7 Å². The lowest BCUT2D eigenvalue weighted by molar-refractivity contribution is -0.123. The number of para-hydroxylation sites is 1. The van der Waals surface area contributed by atoms with Gasteiger partial charge in [0.05, 0.1) is 18.0 Å². The van der Waals surface area contributed by atoms with Crippen LogP contribution in [0, 0.1) is 18.6 Å². The summed E-state index contributed by atoms with van der Waals surface area (Å²) >= 11 is 1.21. The van der Waals surface area contributed by atoms with Gasteiger partial charge in [0.15, 0.2) is 0 Å². The number of carbonyl (C=O) groups excluding carboxylic acids is 2. The molecule has 0 aromatic heterocycles. The van der Waals surface area contributed by atoms with Gasteiger partial charge < -0.3 is 4.90 Å². The van der Waals surface area contributed by atoms with Gasteiger partial charge in [0.1, 0.15) is 11.6 Å². The predicted octanol–water partition coefficient (Wildman–Crippen LogP) is 4.75. The molecule has 0 bridgehead atoms. The minimum Gasteiger partial charge on any atom is -0.304 e. The van der Waals surface area contributed by atoms with Crippen molar-refractivity contribution in [2.45, 2.75) is 18.3 Å². The third-order valence-corrected chi connectivity index (χ3v) is 7.15. The summed E-state index contributed by atoms with van der Waals surface area (Å²) in [6.07, 6.45) is 0. The van der Waals surface area contributed by atoms with Crippen molar-refractivity contribution in [3.63, 3.8) is 0 Å².